The molecule has 136 valence electrons. The van der Waals surface area contributed by atoms with Crippen LogP contribution in [0.2, 0.25) is 0 Å². The van der Waals surface area contributed by atoms with E-state index in [9.17, 15) is 9.59 Å². The van der Waals surface area contributed by atoms with Crippen LogP contribution < -0.4 is 10.6 Å². The molecule has 25 heavy (non-hydrogen) atoms. The minimum atomic E-state index is -0.402. The van der Waals surface area contributed by atoms with E-state index in [1.807, 2.05) is 24.4 Å². The van der Waals surface area contributed by atoms with Crippen LogP contribution in [0.4, 0.5) is 4.79 Å². The molecule has 0 spiro atoms. The molecule has 1 aromatic heterocycles. The number of aromatic nitrogens is 1. The second kappa shape index (κ2) is 8.29. The normalized spacial score (nSPS) is 23.5. The highest BCUT2D eigenvalue weighted by Crippen LogP contribution is 2.19. The molecule has 1 aromatic rings. The molecule has 7 heteroatoms. The van der Waals surface area contributed by atoms with E-state index >= 15 is 0 Å². The van der Waals surface area contributed by atoms with Gasteiger partial charge in [-0.15, -0.1) is 0 Å². The van der Waals surface area contributed by atoms with Crippen LogP contribution >= 0.6 is 0 Å². The number of hydrogen-bond donors (Lipinski definition) is 2. The van der Waals surface area contributed by atoms with Crippen LogP contribution in [0.1, 0.15) is 37.9 Å². The molecule has 3 rings (SSSR count). The second-order valence-electron chi connectivity index (χ2n) is 6.74. The zero-order valence-corrected chi connectivity index (χ0v) is 14.8. The van der Waals surface area contributed by atoms with Gasteiger partial charge in [-0.3, -0.25) is 14.7 Å². The highest BCUT2D eigenvalue weighted by atomic mass is 16.2. The van der Waals surface area contributed by atoms with Gasteiger partial charge in [0.05, 0.1) is 5.69 Å². The molecule has 0 bridgehead atoms. The predicted molar refractivity (Wildman–Crippen MR) is 95.0 cm³/mol. The third-order valence-electron chi connectivity index (χ3n) is 5.10. The van der Waals surface area contributed by atoms with E-state index in [1.165, 1.54) is 0 Å². The molecule has 7 nitrogen and oxygen atoms in total. The standard InChI is InChI=1S/C18H27N5O2/c1-14(15-6-2-4-8-19-15)22-10-12-23(13-11-22)18(25)21-16-7-3-5-9-20-17(16)24/h2,4,6,8,14,16H,3,5,7,9-13H2,1H3,(H,20,24)(H,21,25)/t14-,16-/m0/s1. The number of urea groups is 1. The summed E-state index contributed by atoms with van der Waals surface area (Å²) in [5, 5.41) is 5.75. The van der Waals surface area contributed by atoms with Gasteiger partial charge in [-0.05, 0) is 38.3 Å². The Morgan fingerprint density at radius 1 is 1.28 bits per heavy atom. The highest BCUT2D eigenvalue weighted by molar-refractivity contribution is 5.87. The molecule has 3 amide bonds. The van der Waals surface area contributed by atoms with Gasteiger partial charge >= 0.3 is 6.03 Å². The van der Waals surface area contributed by atoms with E-state index in [0.717, 1.165) is 31.6 Å². The summed E-state index contributed by atoms with van der Waals surface area (Å²) in [6, 6.07) is 5.66. The van der Waals surface area contributed by atoms with E-state index in [4.69, 9.17) is 0 Å². The Labute approximate surface area is 148 Å². The Kier molecular flexibility index (Phi) is 5.86. The molecule has 2 atom stereocenters. The van der Waals surface area contributed by atoms with Crippen molar-refractivity contribution in [3.63, 3.8) is 0 Å². The summed E-state index contributed by atoms with van der Waals surface area (Å²) in [5.74, 6) is -0.0618. The van der Waals surface area contributed by atoms with E-state index in [1.54, 1.807) is 4.90 Å². The lowest BCUT2D eigenvalue weighted by molar-refractivity contribution is -0.122. The fourth-order valence-electron chi connectivity index (χ4n) is 3.44. The van der Waals surface area contributed by atoms with Crippen molar-refractivity contribution in [1.29, 1.82) is 0 Å². The average molecular weight is 345 g/mol. The Hall–Kier alpha value is -2.15. The van der Waals surface area contributed by atoms with Crippen molar-refractivity contribution in [2.75, 3.05) is 32.7 Å². The Morgan fingerprint density at radius 3 is 2.80 bits per heavy atom. The molecule has 2 saturated heterocycles. The predicted octanol–water partition coefficient (Wildman–Crippen LogP) is 1.14. The summed E-state index contributed by atoms with van der Waals surface area (Å²) >= 11 is 0. The Morgan fingerprint density at radius 2 is 2.08 bits per heavy atom. The summed E-state index contributed by atoms with van der Waals surface area (Å²) in [5.41, 5.74) is 1.05. The van der Waals surface area contributed by atoms with Gasteiger partial charge in [-0.2, -0.15) is 0 Å². The molecule has 0 radical (unpaired) electrons. The van der Waals surface area contributed by atoms with Crippen molar-refractivity contribution in [2.45, 2.75) is 38.3 Å². The largest absolute Gasteiger partial charge is 0.354 e. The number of carbonyl (C=O) groups is 2. The molecule has 2 aliphatic rings. The maximum Gasteiger partial charge on any atom is 0.318 e. The van der Waals surface area contributed by atoms with Gasteiger partial charge in [0.1, 0.15) is 6.04 Å². The number of amides is 3. The first-order valence-electron chi connectivity index (χ1n) is 9.13. The van der Waals surface area contributed by atoms with E-state index in [0.29, 0.717) is 26.1 Å². The summed E-state index contributed by atoms with van der Waals surface area (Å²) < 4.78 is 0. The molecule has 0 saturated carbocycles. The quantitative estimate of drug-likeness (QED) is 0.861. The summed E-state index contributed by atoms with van der Waals surface area (Å²) in [7, 11) is 0. The van der Waals surface area contributed by atoms with E-state index in [-0.39, 0.29) is 18.0 Å². The van der Waals surface area contributed by atoms with Gasteiger partial charge in [-0.25, -0.2) is 4.79 Å². The number of hydrogen-bond acceptors (Lipinski definition) is 4. The Balaban J connectivity index is 1.50. The Bertz CT molecular complexity index is 586. The minimum Gasteiger partial charge on any atom is -0.354 e. The monoisotopic (exact) mass is 345 g/mol. The second-order valence-corrected chi connectivity index (χ2v) is 6.74. The SMILES string of the molecule is C[C@@H](c1ccccn1)N1CCN(C(=O)N[C@H]2CCCCNC2=O)CC1. The van der Waals surface area contributed by atoms with Gasteiger partial charge in [0.25, 0.3) is 0 Å². The maximum atomic E-state index is 12.5. The topological polar surface area (TPSA) is 77.6 Å². The fourth-order valence-corrected chi connectivity index (χ4v) is 3.44. The van der Waals surface area contributed by atoms with Gasteiger partial charge < -0.3 is 15.5 Å². The number of rotatable bonds is 3. The zero-order chi connectivity index (χ0) is 17.6. The third kappa shape index (κ3) is 4.48. The van der Waals surface area contributed by atoms with Crippen LogP contribution in [0.25, 0.3) is 0 Å². The average Bonchev–Trinajstić information content (AvgIpc) is 2.86. The van der Waals surface area contributed by atoms with Crippen molar-refractivity contribution in [3.8, 4) is 0 Å². The lowest BCUT2D eigenvalue weighted by Gasteiger charge is -2.38. The van der Waals surface area contributed by atoms with E-state index < -0.39 is 6.04 Å². The lowest BCUT2D eigenvalue weighted by Crippen LogP contribution is -2.55. The van der Waals surface area contributed by atoms with Crippen LogP contribution in [-0.2, 0) is 4.79 Å². The van der Waals surface area contributed by atoms with E-state index in [2.05, 4.69) is 27.4 Å². The van der Waals surface area contributed by atoms with Gasteiger partial charge in [0.2, 0.25) is 5.91 Å². The summed E-state index contributed by atoms with van der Waals surface area (Å²) in [6.07, 6.45) is 4.46. The molecule has 2 fully saturated rings. The van der Waals surface area contributed by atoms with Crippen LogP contribution in [0.3, 0.4) is 0 Å². The van der Waals surface area contributed by atoms with Crippen molar-refractivity contribution in [1.82, 2.24) is 25.4 Å². The molecule has 0 aliphatic carbocycles. The number of carbonyl (C=O) groups excluding carboxylic acids is 2. The van der Waals surface area contributed by atoms with Crippen LogP contribution in [-0.4, -0.2) is 65.5 Å². The van der Waals surface area contributed by atoms with Crippen molar-refractivity contribution in [2.24, 2.45) is 0 Å². The first-order chi connectivity index (χ1) is 12.1. The van der Waals surface area contributed by atoms with Crippen molar-refractivity contribution in [3.05, 3.63) is 30.1 Å². The number of piperazine rings is 1. The molecular weight excluding hydrogens is 318 g/mol. The summed E-state index contributed by atoms with van der Waals surface area (Å²) in [6.45, 7) is 5.79. The number of nitrogens with zero attached hydrogens (tertiary/aromatic N) is 3. The minimum absolute atomic E-state index is 0.0618. The van der Waals surface area contributed by atoms with Crippen molar-refractivity contribution >= 4 is 11.9 Å². The fraction of sp³-hybridized carbons (Fsp3) is 0.611. The van der Waals surface area contributed by atoms with Crippen LogP contribution in [0, 0.1) is 0 Å². The molecule has 0 aromatic carbocycles. The number of pyridine rings is 1. The van der Waals surface area contributed by atoms with Crippen LogP contribution in [0.5, 0.6) is 0 Å². The molecule has 2 N–H and O–H groups in total. The smallest absolute Gasteiger partial charge is 0.318 e. The lowest BCUT2D eigenvalue weighted by atomic mass is 10.1. The first-order valence-corrected chi connectivity index (χ1v) is 9.13. The molecular formula is C18H27N5O2. The molecule has 2 aliphatic heterocycles. The highest BCUT2D eigenvalue weighted by Gasteiger charge is 2.28. The van der Waals surface area contributed by atoms with Gasteiger partial charge in [-0.1, -0.05) is 6.07 Å². The molecule has 0 unspecified atom stereocenters. The summed E-state index contributed by atoms with van der Waals surface area (Å²) in [4.78, 5) is 33.0. The maximum absolute atomic E-state index is 12.5. The van der Waals surface area contributed by atoms with Gasteiger partial charge in [0.15, 0.2) is 0 Å². The zero-order valence-electron chi connectivity index (χ0n) is 14.8. The van der Waals surface area contributed by atoms with Crippen LogP contribution in [0.15, 0.2) is 24.4 Å². The van der Waals surface area contributed by atoms with Gasteiger partial charge in [0, 0.05) is 45.0 Å². The first kappa shape index (κ1) is 17.7. The third-order valence-corrected chi connectivity index (χ3v) is 5.10. The number of nitrogens with one attached hydrogen (secondary N) is 2. The van der Waals surface area contributed by atoms with Crippen molar-refractivity contribution < 1.29 is 9.59 Å². The molecule has 3 heterocycles.